The normalized spacial score (nSPS) is 11.4. The average Bonchev–Trinajstić information content (AvgIpc) is 2.76. The minimum Gasteiger partial charge on any atom is -0.496 e. The highest BCUT2D eigenvalue weighted by Crippen LogP contribution is 2.31. The summed E-state index contributed by atoms with van der Waals surface area (Å²) >= 11 is 5.73. The van der Waals surface area contributed by atoms with Gasteiger partial charge in [-0.2, -0.15) is 0 Å². The van der Waals surface area contributed by atoms with Gasteiger partial charge in [0.15, 0.2) is 0 Å². The summed E-state index contributed by atoms with van der Waals surface area (Å²) in [5.74, 6) is 0.596. The molecule has 31 heavy (non-hydrogen) atoms. The molecule has 162 valence electrons. The fourth-order valence-corrected chi connectivity index (χ4v) is 3.61. The molecule has 0 saturated carbocycles. The first kappa shape index (κ1) is 22.8. The largest absolute Gasteiger partial charge is 0.496 e. The van der Waals surface area contributed by atoms with Crippen LogP contribution in [0.15, 0.2) is 54.6 Å². The lowest BCUT2D eigenvalue weighted by Gasteiger charge is -2.21. The first-order valence-electron chi connectivity index (χ1n) is 10.2. The first-order chi connectivity index (χ1) is 14.8. The summed E-state index contributed by atoms with van der Waals surface area (Å²) < 4.78 is 11.1. The van der Waals surface area contributed by atoms with Gasteiger partial charge in [0.05, 0.1) is 13.0 Å². The Hall–Kier alpha value is -2.85. The van der Waals surface area contributed by atoms with E-state index >= 15 is 0 Å². The highest BCUT2D eigenvalue weighted by molar-refractivity contribution is 6.46. The van der Waals surface area contributed by atoms with Crippen LogP contribution in [0, 0.1) is 0 Å². The number of hydrogen-bond donors (Lipinski definition) is 0. The molecular formula is C26H27ClO4. The number of carbonyl (C=O) groups is 2. The van der Waals surface area contributed by atoms with Crippen LogP contribution in [-0.2, 0) is 16.6 Å². The zero-order chi connectivity index (χ0) is 22.6. The SMILES string of the molecule is COc1ccc(C(C)(C)C)cc1CC(=O)C(=O)c1ccc(OCCCl)c2ccccc12. The van der Waals surface area contributed by atoms with E-state index in [-0.39, 0.29) is 11.8 Å². The molecule has 0 bridgehead atoms. The second-order valence-corrected chi connectivity index (χ2v) is 8.78. The van der Waals surface area contributed by atoms with E-state index in [4.69, 9.17) is 21.1 Å². The second-order valence-electron chi connectivity index (χ2n) is 8.40. The zero-order valence-electron chi connectivity index (χ0n) is 18.3. The van der Waals surface area contributed by atoms with Gasteiger partial charge in [0, 0.05) is 22.9 Å². The van der Waals surface area contributed by atoms with Crippen LogP contribution < -0.4 is 9.47 Å². The Morgan fingerprint density at radius 1 is 0.935 bits per heavy atom. The minimum absolute atomic E-state index is 0.0231. The number of hydrogen-bond acceptors (Lipinski definition) is 4. The van der Waals surface area contributed by atoms with Crippen LogP contribution in [0.1, 0.15) is 42.3 Å². The first-order valence-corrected chi connectivity index (χ1v) is 10.7. The van der Waals surface area contributed by atoms with Crippen molar-refractivity contribution in [3.05, 3.63) is 71.3 Å². The van der Waals surface area contributed by atoms with Crippen LogP contribution in [0.25, 0.3) is 10.8 Å². The molecule has 0 aliphatic heterocycles. The lowest BCUT2D eigenvalue weighted by atomic mass is 9.85. The van der Waals surface area contributed by atoms with Crippen molar-refractivity contribution in [1.82, 2.24) is 0 Å². The van der Waals surface area contributed by atoms with Crippen molar-refractivity contribution in [3.63, 3.8) is 0 Å². The van der Waals surface area contributed by atoms with Crippen molar-refractivity contribution in [1.29, 1.82) is 0 Å². The van der Waals surface area contributed by atoms with Crippen LogP contribution in [0.3, 0.4) is 0 Å². The number of Topliss-reactive ketones (excluding diaryl/α,β-unsaturated/α-hetero) is 2. The van der Waals surface area contributed by atoms with Crippen molar-refractivity contribution < 1.29 is 19.1 Å². The zero-order valence-corrected chi connectivity index (χ0v) is 19.1. The molecule has 3 aromatic rings. The molecule has 4 nitrogen and oxygen atoms in total. The molecule has 0 aliphatic carbocycles. The molecule has 0 saturated heterocycles. The van der Waals surface area contributed by atoms with Crippen molar-refractivity contribution in [2.45, 2.75) is 32.6 Å². The van der Waals surface area contributed by atoms with Crippen LogP contribution in [-0.4, -0.2) is 31.2 Å². The average molecular weight is 439 g/mol. The maximum absolute atomic E-state index is 13.1. The van der Waals surface area contributed by atoms with E-state index in [0.717, 1.165) is 10.9 Å². The molecule has 0 amide bonds. The molecule has 3 rings (SSSR count). The Bertz CT molecular complexity index is 1110. The Morgan fingerprint density at radius 3 is 2.26 bits per heavy atom. The van der Waals surface area contributed by atoms with E-state index < -0.39 is 11.6 Å². The topological polar surface area (TPSA) is 52.6 Å². The predicted molar refractivity (Wildman–Crippen MR) is 125 cm³/mol. The van der Waals surface area contributed by atoms with Crippen LogP contribution in [0.4, 0.5) is 0 Å². The Balaban J connectivity index is 1.94. The molecule has 0 fully saturated rings. The maximum Gasteiger partial charge on any atom is 0.229 e. The summed E-state index contributed by atoms with van der Waals surface area (Å²) in [5, 5.41) is 1.46. The molecular weight excluding hydrogens is 412 g/mol. The number of fused-ring (bicyclic) bond motifs is 1. The molecule has 0 N–H and O–H groups in total. The molecule has 0 spiro atoms. The van der Waals surface area contributed by atoms with Gasteiger partial charge in [0.2, 0.25) is 11.6 Å². The number of carbonyl (C=O) groups excluding carboxylic acids is 2. The fourth-order valence-electron chi connectivity index (χ4n) is 3.53. The second kappa shape index (κ2) is 9.52. The monoisotopic (exact) mass is 438 g/mol. The third-order valence-electron chi connectivity index (χ3n) is 5.21. The van der Waals surface area contributed by atoms with Gasteiger partial charge in [-0.25, -0.2) is 0 Å². The van der Waals surface area contributed by atoms with Crippen LogP contribution in [0.5, 0.6) is 11.5 Å². The molecule has 3 aromatic carbocycles. The number of alkyl halides is 1. The van der Waals surface area contributed by atoms with Crippen molar-refractivity contribution in [2.24, 2.45) is 0 Å². The molecule has 0 atom stereocenters. The van der Waals surface area contributed by atoms with E-state index in [1.54, 1.807) is 19.2 Å². The van der Waals surface area contributed by atoms with Gasteiger partial charge in [0.25, 0.3) is 0 Å². The smallest absolute Gasteiger partial charge is 0.229 e. The number of ketones is 2. The third-order valence-corrected chi connectivity index (χ3v) is 5.37. The Kier molecular flexibility index (Phi) is 7.01. The lowest BCUT2D eigenvalue weighted by molar-refractivity contribution is -0.114. The van der Waals surface area contributed by atoms with E-state index in [2.05, 4.69) is 20.8 Å². The maximum atomic E-state index is 13.1. The van der Waals surface area contributed by atoms with Gasteiger partial charge < -0.3 is 9.47 Å². The molecule has 0 aromatic heterocycles. The summed E-state index contributed by atoms with van der Waals surface area (Å²) in [4.78, 5) is 26.1. The number of benzene rings is 3. The molecule has 0 radical (unpaired) electrons. The van der Waals surface area contributed by atoms with Crippen LogP contribution in [0.2, 0.25) is 0 Å². The molecule has 0 heterocycles. The predicted octanol–water partition coefficient (Wildman–Crippen LogP) is 5.76. The van der Waals surface area contributed by atoms with Crippen LogP contribution >= 0.6 is 11.6 Å². The van der Waals surface area contributed by atoms with Gasteiger partial charge in [-0.1, -0.05) is 57.2 Å². The minimum atomic E-state index is -0.525. The van der Waals surface area contributed by atoms with Gasteiger partial charge in [0.1, 0.15) is 18.1 Å². The molecule has 5 heteroatoms. The Labute approximate surface area is 188 Å². The van der Waals surface area contributed by atoms with Crippen molar-refractivity contribution in [2.75, 3.05) is 19.6 Å². The summed E-state index contributed by atoms with van der Waals surface area (Å²) in [6.45, 7) is 6.67. The highest BCUT2D eigenvalue weighted by atomic mass is 35.5. The van der Waals surface area contributed by atoms with Gasteiger partial charge in [-0.15, -0.1) is 11.6 Å². The summed E-state index contributed by atoms with van der Waals surface area (Å²) in [7, 11) is 1.56. The fraction of sp³-hybridized carbons (Fsp3) is 0.308. The molecule has 0 unspecified atom stereocenters. The Morgan fingerprint density at radius 2 is 1.61 bits per heavy atom. The number of rotatable bonds is 8. The van der Waals surface area contributed by atoms with E-state index in [9.17, 15) is 9.59 Å². The number of methoxy groups -OCH3 is 1. The molecule has 0 aliphatic rings. The van der Waals surface area contributed by atoms with Crippen molar-refractivity contribution >= 4 is 33.9 Å². The summed E-state index contributed by atoms with van der Waals surface area (Å²) in [6, 6.07) is 16.6. The number of halogens is 1. The van der Waals surface area contributed by atoms with E-state index in [0.29, 0.717) is 40.5 Å². The van der Waals surface area contributed by atoms with Gasteiger partial charge in [-0.3, -0.25) is 9.59 Å². The van der Waals surface area contributed by atoms with Crippen molar-refractivity contribution in [3.8, 4) is 11.5 Å². The third kappa shape index (κ3) is 5.08. The van der Waals surface area contributed by atoms with E-state index in [1.165, 1.54) is 0 Å². The van der Waals surface area contributed by atoms with Gasteiger partial charge in [-0.05, 0) is 34.6 Å². The van der Waals surface area contributed by atoms with E-state index in [1.807, 2.05) is 42.5 Å². The highest BCUT2D eigenvalue weighted by Gasteiger charge is 2.23. The quantitative estimate of drug-likeness (QED) is 0.255. The summed E-state index contributed by atoms with van der Waals surface area (Å²) in [5.41, 5.74) is 2.07. The summed E-state index contributed by atoms with van der Waals surface area (Å²) in [6.07, 6.45) is -0.0231. The standard InChI is InChI=1S/C26H27ClO4/c1-26(2,3)18-9-11-23(30-4)17(15-18)16-22(28)25(29)21-10-12-24(31-14-13-27)20-8-6-5-7-19(20)21/h5-12,15H,13-14,16H2,1-4H3. The van der Waals surface area contributed by atoms with Gasteiger partial charge >= 0.3 is 0 Å². The number of ether oxygens (including phenoxy) is 2. The lowest BCUT2D eigenvalue weighted by Crippen LogP contribution is -2.18.